The van der Waals surface area contributed by atoms with E-state index in [0.717, 1.165) is 21.0 Å². The Morgan fingerprint density at radius 2 is 1.85 bits per heavy atom. The van der Waals surface area contributed by atoms with Crippen molar-refractivity contribution in [3.05, 3.63) is 77.1 Å². The smallest absolute Gasteiger partial charge is 0.310 e. The van der Waals surface area contributed by atoms with Crippen molar-refractivity contribution in [2.45, 2.75) is 25.2 Å². The van der Waals surface area contributed by atoms with E-state index in [1.807, 2.05) is 37.3 Å². The number of hydrogen-bond acceptors (Lipinski definition) is 3. The Hall–Kier alpha value is -2.53. The van der Waals surface area contributed by atoms with Gasteiger partial charge < -0.3 is 5.11 Å². The van der Waals surface area contributed by atoms with Crippen LogP contribution in [0.15, 0.2) is 60.8 Å². The molecule has 0 amide bonds. The molecule has 0 aliphatic heterocycles. The number of carboxylic acids is 1. The van der Waals surface area contributed by atoms with Gasteiger partial charge in [0.15, 0.2) is 0 Å². The minimum absolute atomic E-state index is 0.0484. The third-order valence-corrected chi connectivity index (χ3v) is 6.53. The van der Waals surface area contributed by atoms with Gasteiger partial charge in [-0.05, 0) is 36.2 Å². The zero-order chi connectivity index (χ0) is 18.3. The molecule has 2 aromatic carbocycles. The molecule has 0 bridgehead atoms. The largest absolute Gasteiger partial charge is 0.481 e. The van der Waals surface area contributed by atoms with Crippen LogP contribution in [0.5, 0.6) is 0 Å². The fourth-order valence-electron chi connectivity index (χ4n) is 4.02. The number of thiazole rings is 1. The molecule has 1 heterocycles. The molecule has 3 aromatic rings. The van der Waals surface area contributed by atoms with E-state index in [0.29, 0.717) is 6.42 Å². The predicted molar refractivity (Wildman–Crippen MR) is 99.8 cm³/mol. The van der Waals surface area contributed by atoms with Gasteiger partial charge in [0.05, 0.1) is 5.41 Å². The molecule has 3 atom stereocenters. The summed E-state index contributed by atoms with van der Waals surface area (Å²) in [6, 6.07) is 16.1. The van der Waals surface area contributed by atoms with Gasteiger partial charge in [0, 0.05) is 28.5 Å². The first-order valence-electron chi connectivity index (χ1n) is 8.58. The summed E-state index contributed by atoms with van der Waals surface area (Å²) >= 11 is 1.50. The van der Waals surface area contributed by atoms with Gasteiger partial charge in [-0.3, -0.25) is 4.79 Å². The van der Waals surface area contributed by atoms with Crippen LogP contribution in [-0.2, 0) is 4.79 Å². The van der Waals surface area contributed by atoms with E-state index in [1.54, 1.807) is 18.3 Å². The number of carboxylic acid groups (broad SMARTS) is 1. The Labute approximate surface area is 155 Å². The average Bonchev–Trinajstić information content (AvgIpc) is 3.12. The lowest BCUT2D eigenvalue weighted by Gasteiger charge is -2.09. The maximum atomic E-state index is 13.1. The molecule has 0 saturated heterocycles. The molecule has 1 aliphatic rings. The Balaban J connectivity index is 1.72. The second-order valence-corrected chi connectivity index (χ2v) is 7.70. The van der Waals surface area contributed by atoms with Crippen LogP contribution in [0.4, 0.5) is 4.39 Å². The molecule has 3 nitrogen and oxygen atoms in total. The molecule has 1 fully saturated rings. The summed E-state index contributed by atoms with van der Waals surface area (Å²) in [5.74, 6) is -1.17. The first-order chi connectivity index (χ1) is 12.6. The Morgan fingerprint density at radius 1 is 1.15 bits per heavy atom. The number of benzene rings is 2. The molecule has 0 radical (unpaired) electrons. The summed E-state index contributed by atoms with van der Waals surface area (Å²) in [5.41, 5.74) is 1.11. The van der Waals surface area contributed by atoms with Gasteiger partial charge in [-0.15, -0.1) is 11.3 Å². The van der Waals surface area contributed by atoms with E-state index in [1.165, 1.54) is 23.5 Å². The van der Waals surface area contributed by atoms with Gasteiger partial charge in [0.1, 0.15) is 10.8 Å². The van der Waals surface area contributed by atoms with Crippen LogP contribution >= 0.6 is 11.3 Å². The molecule has 4 rings (SSSR count). The summed E-state index contributed by atoms with van der Waals surface area (Å²) in [6.07, 6.45) is 2.35. The molecule has 1 N–H and O–H groups in total. The van der Waals surface area contributed by atoms with Gasteiger partial charge in [0.2, 0.25) is 0 Å². The van der Waals surface area contributed by atoms with Crippen molar-refractivity contribution in [3.8, 4) is 10.6 Å². The fourth-order valence-corrected chi connectivity index (χ4v) is 5.18. The van der Waals surface area contributed by atoms with Gasteiger partial charge >= 0.3 is 5.97 Å². The van der Waals surface area contributed by atoms with Crippen LogP contribution in [-0.4, -0.2) is 16.1 Å². The molecular formula is C21H18FNO2S. The van der Waals surface area contributed by atoms with E-state index in [4.69, 9.17) is 0 Å². The van der Waals surface area contributed by atoms with Crippen LogP contribution in [0.2, 0.25) is 0 Å². The first kappa shape index (κ1) is 16.9. The monoisotopic (exact) mass is 367 g/mol. The first-order valence-corrected chi connectivity index (χ1v) is 9.39. The second-order valence-electron chi connectivity index (χ2n) is 6.64. The number of rotatable bonds is 5. The Bertz CT molecular complexity index is 938. The highest BCUT2D eigenvalue weighted by Gasteiger charge is 2.70. The van der Waals surface area contributed by atoms with E-state index in [2.05, 4.69) is 4.98 Å². The highest BCUT2D eigenvalue weighted by Crippen LogP contribution is 2.72. The summed E-state index contributed by atoms with van der Waals surface area (Å²) in [7, 11) is 0. The van der Waals surface area contributed by atoms with E-state index >= 15 is 0 Å². The topological polar surface area (TPSA) is 50.2 Å². The third-order valence-electron chi connectivity index (χ3n) is 5.40. The van der Waals surface area contributed by atoms with Gasteiger partial charge in [-0.25, -0.2) is 9.37 Å². The number of aromatic nitrogens is 1. The van der Waals surface area contributed by atoms with Crippen molar-refractivity contribution in [2.75, 3.05) is 0 Å². The van der Waals surface area contributed by atoms with Crippen molar-refractivity contribution in [1.82, 2.24) is 4.98 Å². The SMILES string of the molecule is CC[C@@]1(C(=O)O)[C@H](c2ccccc2)[C@H]1c1cnc(-c2ccc(F)cc2)s1. The number of aliphatic carboxylic acids is 1. The maximum Gasteiger partial charge on any atom is 0.310 e. The van der Waals surface area contributed by atoms with E-state index in [9.17, 15) is 14.3 Å². The lowest BCUT2D eigenvalue weighted by Crippen LogP contribution is -2.17. The van der Waals surface area contributed by atoms with Crippen molar-refractivity contribution in [3.63, 3.8) is 0 Å². The number of halogens is 1. The molecule has 1 aromatic heterocycles. The lowest BCUT2D eigenvalue weighted by molar-refractivity contribution is -0.143. The summed E-state index contributed by atoms with van der Waals surface area (Å²) in [4.78, 5) is 17.6. The van der Waals surface area contributed by atoms with Crippen LogP contribution in [0, 0.1) is 11.2 Å². The standard InChI is InChI=1S/C21H18FNO2S/c1-2-21(20(24)25)17(13-6-4-3-5-7-13)18(21)16-12-23-19(26-16)14-8-10-15(22)11-9-14/h3-12,17-18H,2H2,1H3,(H,24,25)/t17-,18-,21-/m1/s1. The third kappa shape index (κ3) is 2.54. The van der Waals surface area contributed by atoms with Crippen LogP contribution < -0.4 is 0 Å². The molecule has 132 valence electrons. The minimum Gasteiger partial charge on any atom is -0.481 e. The van der Waals surface area contributed by atoms with Crippen molar-refractivity contribution in [2.24, 2.45) is 5.41 Å². The maximum absolute atomic E-state index is 13.1. The van der Waals surface area contributed by atoms with Gasteiger partial charge in [-0.1, -0.05) is 37.3 Å². The van der Waals surface area contributed by atoms with Gasteiger partial charge in [0.25, 0.3) is 0 Å². The Morgan fingerprint density at radius 3 is 2.46 bits per heavy atom. The summed E-state index contributed by atoms with van der Waals surface area (Å²) in [5, 5.41) is 10.8. The molecule has 5 heteroatoms. The average molecular weight is 367 g/mol. The number of nitrogens with zero attached hydrogens (tertiary/aromatic N) is 1. The number of carbonyl (C=O) groups is 1. The molecule has 1 aliphatic carbocycles. The molecule has 1 saturated carbocycles. The molecule has 0 spiro atoms. The second kappa shape index (κ2) is 6.32. The van der Waals surface area contributed by atoms with Crippen molar-refractivity contribution >= 4 is 17.3 Å². The van der Waals surface area contributed by atoms with Crippen molar-refractivity contribution < 1.29 is 14.3 Å². The van der Waals surface area contributed by atoms with Crippen LogP contribution in [0.1, 0.15) is 35.6 Å². The Kier molecular flexibility index (Phi) is 4.11. The van der Waals surface area contributed by atoms with E-state index < -0.39 is 11.4 Å². The summed E-state index contributed by atoms with van der Waals surface area (Å²) < 4.78 is 13.1. The van der Waals surface area contributed by atoms with Crippen molar-refractivity contribution in [1.29, 1.82) is 0 Å². The lowest BCUT2D eigenvalue weighted by atomic mass is 9.96. The van der Waals surface area contributed by atoms with E-state index in [-0.39, 0.29) is 17.7 Å². The minimum atomic E-state index is -0.784. The quantitative estimate of drug-likeness (QED) is 0.665. The molecule has 26 heavy (non-hydrogen) atoms. The van der Waals surface area contributed by atoms with Gasteiger partial charge in [-0.2, -0.15) is 0 Å². The zero-order valence-corrected chi connectivity index (χ0v) is 15.0. The van der Waals surface area contributed by atoms with Crippen LogP contribution in [0.3, 0.4) is 0 Å². The summed E-state index contributed by atoms with van der Waals surface area (Å²) in [6.45, 7) is 1.94. The zero-order valence-electron chi connectivity index (χ0n) is 14.2. The molecular weight excluding hydrogens is 349 g/mol. The highest BCUT2D eigenvalue weighted by molar-refractivity contribution is 7.15. The normalized spacial score (nSPS) is 24.4. The van der Waals surface area contributed by atoms with Crippen LogP contribution in [0.25, 0.3) is 10.6 Å². The molecule has 0 unspecified atom stereocenters. The fraction of sp³-hybridized carbons (Fsp3) is 0.238. The highest BCUT2D eigenvalue weighted by atomic mass is 32.1. The predicted octanol–water partition coefficient (Wildman–Crippen LogP) is 5.31. The number of hydrogen-bond donors (Lipinski definition) is 1.